The molecule has 0 saturated heterocycles. The van der Waals surface area contributed by atoms with Gasteiger partial charge in [-0.05, 0) is 18.2 Å². The molecule has 2 aromatic rings. The Hall–Kier alpha value is -2.57. The van der Waals surface area contributed by atoms with Crippen LogP contribution in [0.5, 0.6) is 0 Å². The number of fused-ring (bicyclic) bond motifs is 1. The van der Waals surface area contributed by atoms with Crippen molar-refractivity contribution in [3.05, 3.63) is 28.7 Å². The number of aromatic amines is 1. The van der Waals surface area contributed by atoms with E-state index in [2.05, 4.69) is 10.3 Å². The van der Waals surface area contributed by atoms with Crippen LogP contribution in [0.25, 0.3) is 11.1 Å². The van der Waals surface area contributed by atoms with Gasteiger partial charge in [-0.1, -0.05) is 13.8 Å². The van der Waals surface area contributed by atoms with Crippen LogP contribution in [0.2, 0.25) is 0 Å². The molecule has 2 rings (SSSR count). The van der Waals surface area contributed by atoms with Crippen LogP contribution < -0.4 is 11.1 Å². The van der Waals surface area contributed by atoms with Crippen molar-refractivity contribution < 1.29 is 19.1 Å². The SMILES string of the molecule is CC(C(=O)O)C(C)C(=O)Nc1ccc2oc(=O)[nH]c2c1. The summed E-state index contributed by atoms with van der Waals surface area (Å²) >= 11 is 0. The first-order valence-corrected chi connectivity index (χ1v) is 6.05. The van der Waals surface area contributed by atoms with Crippen molar-refractivity contribution in [3.8, 4) is 0 Å². The normalized spacial score (nSPS) is 13.9. The molecule has 0 aliphatic carbocycles. The fraction of sp³-hybridized carbons (Fsp3) is 0.308. The van der Waals surface area contributed by atoms with Crippen molar-refractivity contribution in [3.63, 3.8) is 0 Å². The minimum Gasteiger partial charge on any atom is -0.481 e. The number of nitrogens with one attached hydrogen (secondary N) is 2. The number of benzene rings is 1. The number of hydrogen-bond donors (Lipinski definition) is 3. The maximum absolute atomic E-state index is 11.9. The second-order valence-electron chi connectivity index (χ2n) is 4.63. The van der Waals surface area contributed by atoms with Crippen molar-refractivity contribution in [2.24, 2.45) is 11.8 Å². The number of anilines is 1. The molecule has 1 aromatic heterocycles. The predicted molar refractivity (Wildman–Crippen MR) is 71.4 cm³/mol. The third-order valence-electron chi connectivity index (χ3n) is 3.24. The predicted octanol–water partition coefficient (Wildman–Crippen LogP) is 1.42. The molecule has 0 spiro atoms. The molecule has 2 unspecified atom stereocenters. The monoisotopic (exact) mass is 278 g/mol. The van der Waals surface area contributed by atoms with E-state index < -0.39 is 29.5 Å². The van der Waals surface area contributed by atoms with Crippen LogP contribution in [0.3, 0.4) is 0 Å². The van der Waals surface area contributed by atoms with Gasteiger partial charge in [-0.15, -0.1) is 0 Å². The van der Waals surface area contributed by atoms with Gasteiger partial charge < -0.3 is 14.8 Å². The Morgan fingerprint density at radius 3 is 2.65 bits per heavy atom. The van der Waals surface area contributed by atoms with Crippen LogP contribution in [0.1, 0.15) is 13.8 Å². The quantitative estimate of drug-likeness (QED) is 0.782. The zero-order valence-corrected chi connectivity index (χ0v) is 11.0. The van der Waals surface area contributed by atoms with Gasteiger partial charge in [0.25, 0.3) is 0 Å². The summed E-state index contributed by atoms with van der Waals surface area (Å²) in [4.78, 5) is 36.3. The molecule has 2 atom stereocenters. The molecule has 7 nitrogen and oxygen atoms in total. The Bertz CT molecular complexity index is 715. The highest BCUT2D eigenvalue weighted by atomic mass is 16.4. The first-order valence-electron chi connectivity index (χ1n) is 6.05. The Morgan fingerprint density at radius 1 is 1.30 bits per heavy atom. The number of H-pyrrole nitrogens is 1. The number of rotatable bonds is 4. The summed E-state index contributed by atoms with van der Waals surface area (Å²) < 4.78 is 4.84. The lowest BCUT2D eigenvalue weighted by atomic mass is 9.95. The summed E-state index contributed by atoms with van der Waals surface area (Å²) in [6.45, 7) is 3.02. The van der Waals surface area contributed by atoms with Gasteiger partial charge in [-0.25, -0.2) is 4.79 Å². The molecule has 0 fully saturated rings. The molecule has 1 amide bonds. The average molecular weight is 278 g/mol. The zero-order valence-electron chi connectivity index (χ0n) is 11.0. The van der Waals surface area contributed by atoms with Crippen molar-refractivity contribution in [1.82, 2.24) is 4.98 Å². The third-order valence-corrected chi connectivity index (χ3v) is 3.24. The lowest BCUT2D eigenvalue weighted by Gasteiger charge is -2.15. The van der Waals surface area contributed by atoms with Crippen LogP contribution in [0.4, 0.5) is 5.69 Å². The number of aromatic nitrogens is 1. The molecule has 1 aromatic carbocycles. The van der Waals surface area contributed by atoms with E-state index in [1.54, 1.807) is 25.1 Å². The van der Waals surface area contributed by atoms with Crippen LogP contribution in [0, 0.1) is 11.8 Å². The van der Waals surface area contributed by atoms with Gasteiger partial charge >= 0.3 is 11.7 Å². The molecule has 0 radical (unpaired) electrons. The first-order chi connectivity index (χ1) is 9.38. The average Bonchev–Trinajstić information content (AvgIpc) is 2.76. The topological polar surface area (TPSA) is 112 Å². The molecule has 0 bridgehead atoms. The van der Waals surface area contributed by atoms with Crippen LogP contribution in [-0.4, -0.2) is 22.0 Å². The lowest BCUT2D eigenvalue weighted by molar-refractivity contribution is -0.145. The molecule has 3 N–H and O–H groups in total. The summed E-state index contributed by atoms with van der Waals surface area (Å²) in [5, 5.41) is 11.5. The number of oxazole rings is 1. The maximum atomic E-state index is 11.9. The first kappa shape index (κ1) is 13.9. The van der Waals surface area contributed by atoms with Crippen LogP contribution in [0.15, 0.2) is 27.4 Å². The molecule has 106 valence electrons. The summed E-state index contributed by atoms with van der Waals surface area (Å²) in [5.41, 5.74) is 1.32. The van der Waals surface area contributed by atoms with Crippen molar-refractivity contribution in [2.75, 3.05) is 5.32 Å². The fourth-order valence-corrected chi connectivity index (χ4v) is 1.73. The summed E-state index contributed by atoms with van der Waals surface area (Å²) in [5.74, 6) is -3.46. The maximum Gasteiger partial charge on any atom is 0.417 e. The Morgan fingerprint density at radius 2 is 2.00 bits per heavy atom. The minimum absolute atomic E-state index is 0.389. The minimum atomic E-state index is -1.03. The van der Waals surface area contributed by atoms with E-state index in [1.165, 1.54) is 6.92 Å². The standard InChI is InChI=1S/C13H14N2O5/c1-6(7(2)12(17)18)11(16)14-8-3-4-10-9(5-8)15-13(19)20-10/h3-7H,1-2H3,(H,14,16)(H,15,19)(H,17,18). The van der Waals surface area contributed by atoms with Crippen molar-refractivity contribution in [2.45, 2.75) is 13.8 Å². The smallest absolute Gasteiger partial charge is 0.417 e. The van der Waals surface area contributed by atoms with Gasteiger partial charge in [-0.3, -0.25) is 14.6 Å². The fourth-order valence-electron chi connectivity index (χ4n) is 1.73. The molecule has 0 aliphatic heterocycles. The number of carbonyl (C=O) groups excluding carboxylic acids is 1. The summed E-state index contributed by atoms with van der Waals surface area (Å²) in [6, 6.07) is 4.68. The Kier molecular flexibility index (Phi) is 3.60. The molecule has 1 heterocycles. The van der Waals surface area contributed by atoms with E-state index in [0.29, 0.717) is 16.8 Å². The van der Waals surface area contributed by atoms with E-state index in [1.807, 2.05) is 0 Å². The molecule has 20 heavy (non-hydrogen) atoms. The lowest BCUT2D eigenvalue weighted by Crippen LogP contribution is -2.29. The Balaban J connectivity index is 2.17. The molecular weight excluding hydrogens is 264 g/mol. The van der Waals surface area contributed by atoms with Gasteiger partial charge in [0.1, 0.15) is 0 Å². The molecule has 0 aliphatic rings. The van der Waals surface area contributed by atoms with Crippen molar-refractivity contribution in [1.29, 1.82) is 0 Å². The highest BCUT2D eigenvalue weighted by Gasteiger charge is 2.25. The number of hydrogen-bond acceptors (Lipinski definition) is 4. The summed E-state index contributed by atoms with van der Waals surface area (Å²) in [6.07, 6.45) is 0. The van der Waals surface area contributed by atoms with Crippen LogP contribution in [-0.2, 0) is 9.59 Å². The number of carbonyl (C=O) groups is 2. The third kappa shape index (κ3) is 2.71. The second kappa shape index (κ2) is 5.20. The number of aliphatic carboxylic acids is 1. The van der Waals surface area contributed by atoms with E-state index in [-0.39, 0.29) is 0 Å². The van der Waals surface area contributed by atoms with Gasteiger partial charge in [0.2, 0.25) is 5.91 Å². The van der Waals surface area contributed by atoms with Crippen LogP contribution >= 0.6 is 0 Å². The van der Waals surface area contributed by atoms with Gasteiger partial charge in [-0.2, -0.15) is 0 Å². The van der Waals surface area contributed by atoms with E-state index >= 15 is 0 Å². The van der Waals surface area contributed by atoms with Gasteiger partial charge in [0.05, 0.1) is 11.4 Å². The van der Waals surface area contributed by atoms with E-state index in [9.17, 15) is 14.4 Å². The molecule has 7 heteroatoms. The number of amides is 1. The largest absolute Gasteiger partial charge is 0.481 e. The highest BCUT2D eigenvalue weighted by Crippen LogP contribution is 2.18. The zero-order chi connectivity index (χ0) is 14.9. The molecular formula is C13H14N2O5. The van der Waals surface area contributed by atoms with E-state index in [0.717, 1.165) is 0 Å². The van der Waals surface area contributed by atoms with Crippen molar-refractivity contribution >= 4 is 28.7 Å². The van der Waals surface area contributed by atoms with E-state index in [4.69, 9.17) is 9.52 Å². The Labute approximate surface area is 113 Å². The molecule has 0 saturated carbocycles. The van der Waals surface area contributed by atoms with Gasteiger partial charge in [0, 0.05) is 11.6 Å². The number of carboxylic acids is 1. The summed E-state index contributed by atoms with van der Waals surface area (Å²) in [7, 11) is 0. The number of carboxylic acid groups (broad SMARTS) is 1. The highest BCUT2D eigenvalue weighted by molar-refractivity contribution is 5.96. The second-order valence-corrected chi connectivity index (χ2v) is 4.63. The van der Waals surface area contributed by atoms with Gasteiger partial charge in [0.15, 0.2) is 5.58 Å².